The van der Waals surface area contributed by atoms with Gasteiger partial charge in [0, 0.05) is 41.4 Å². The Morgan fingerprint density at radius 1 is 0.971 bits per heavy atom. The van der Waals surface area contributed by atoms with E-state index in [-0.39, 0.29) is 11.8 Å². The average molecular weight is 519 g/mol. The second-order valence-corrected chi connectivity index (χ2v) is 9.35. The molecule has 2 N–H and O–H groups in total. The zero-order valence-electron chi connectivity index (χ0n) is 19.4. The molecule has 2 amide bonds. The lowest BCUT2D eigenvalue weighted by Crippen LogP contribution is -2.29. The summed E-state index contributed by atoms with van der Waals surface area (Å²) in [6.07, 6.45) is 0.457. The SMILES string of the molecule is CN(C)CCC(=O)N(C)c1ccc(NC(=C2C(=O)Nc3cc(Br)ccc32)c2ccccc2)cc1. The topological polar surface area (TPSA) is 64.7 Å². The van der Waals surface area contributed by atoms with Crippen LogP contribution in [-0.2, 0) is 9.59 Å². The number of anilines is 3. The second kappa shape index (κ2) is 10.2. The predicted octanol–water partition coefficient (Wildman–Crippen LogP) is 5.30. The quantitative estimate of drug-likeness (QED) is 0.416. The molecule has 6 nitrogen and oxygen atoms in total. The van der Waals surface area contributed by atoms with E-state index < -0.39 is 0 Å². The fourth-order valence-corrected chi connectivity index (χ4v) is 4.18. The Kier molecular flexibility index (Phi) is 7.14. The first-order chi connectivity index (χ1) is 16.3. The van der Waals surface area contributed by atoms with Gasteiger partial charge in [0.2, 0.25) is 5.91 Å². The van der Waals surface area contributed by atoms with E-state index in [1.54, 1.807) is 11.9 Å². The van der Waals surface area contributed by atoms with Crippen molar-refractivity contribution in [3.8, 4) is 0 Å². The maximum Gasteiger partial charge on any atom is 0.258 e. The maximum atomic E-state index is 13.0. The van der Waals surface area contributed by atoms with Crippen LogP contribution < -0.4 is 15.5 Å². The molecule has 0 radical (unpaired) electrons. The van der Waals surface area contributed by atoms with Crippen LogP contribution >= 0.6 is 15.9 Å². The fraction of sp³-hybridized carbons (Fsp3) is 0.185. The number of rotatable bonds is 7. The maximum absolute atomic E-state index is 13.0. The zero-order valence-corrected chi connectivity index (χ0v) is 21.0. The highest BCUT2D eigenvalue weighted by molar-refractivity contribution is 9.10. The molecule has 4 rings (SSSR count). The fourth-order valence-electron chi connectivity index (χ4n) is 3.82. The van der Waals surface area contributed by atoms with Crippen molar-refractivity contribution >= 4 is 56.1 Å². The summed E-state index contributed by atoms with van der Waals surface area (Å²) in [6.45, 7) is 0.705. The number of halogens is 1. The molecule has 1 heterocycles. The number of carbonyl (C=O) groups excluding carboxylic acids is 2. The summed E-state index contributed by atoms with van der Waals surface area (Å²) >= 11 is 3.47. The molecule has 3 aromatic rings. The third kappa shape index (κ3) is 5.21. The van der Waals surface area contributed by atoms with Crippen LogP contribution in [0.4, 0.5) is 17.1 Å². The number of fused-ring (bicyclic) bond motifs is 1. The van der Waals surface area contributed by atoms with E-state index in [1.807, 2.05) is 91.8 Å². The Morgan fingerprint density at radius 3 is 2.35 bits per heavy atom. The lowest BCUT2D eigenvalue weighted by Gasteiger charge is -2.20. The number of amides is 2. The summed E-state index contributed by atoms with van der Waals surface area (Å²) in [4.78, 5) is 29.1. The van der Waals surface area contributed by atoms with Gasteiger partial charge in [-0.05, 0) is 56.1 Å². The molecule has 0 saturated carbocycles. The monoisotopic (exact) mass is 518 g/mol. The molecule has 1 aliphatic heterocycles. The van der Waals surface area contributed by atoms with Crippen LogP contribution in [0.2, 0.25) is 0 Å². The molecular weight excluding hydrogens is 492 g/mol. The smallest absolute Gasteiger partial charge is 0.258 e. The van der Waals surface area contributed by atoms with Crippen molar-refractivity contribution in [2.75, 3.05) is 43.2 Å². The first-order valence-electron chi connectivity index (χ1n) is 11.0. The van der Waals surface area contributed by atoms with Crippen molar-refractivity contribution in [3.63, 3.8) is 0 Å². The van der Waals surface area contributed by atoms with Gasteiger partial charge < -0.3 is 20.4 Å². The average Bonchev–Trinajstić information content (AvgIpc) is 3.15. The minimum atomic E-state index is -0.151. The van der Waals surface area contributed by atoms with Gasteiger partial charge in [-0.2, -0.15) is 0 Å². The third-order valence-electron chi connectivity index (χ3n) is 5.71. The molecule has 0 atom stereocenters. The number of nitrogens with one attached hydrogen (secondary N) is 2. The summed E-state index contributed by atoms with van der Waals surface area (Å²) in [6, 6.07) is 23.2. The highest BCUT2D eigenvalue weighted by Crippen LogP contribution is 2.38. The largest absolute Gasteiger partial charge is 0.354 e. The lowest BCUT2D eigenvalue weighted by molar-refractivity contribution is -0.118. The van der Waals surface area contributed by atoms with Gasteiger partial charge in [-0.25, -0.2) is 0 Å². The molecule has 0 spiro atoms. The molecule has 174 valence electrons. The summed E-state index contributed by atoms with van der Waals surface area (Å²) in [7, 11) is 5.69. The normalized spacial score (nSPS) is 14.0. The number of benzene rings is 3. The van der Waals surface area contributed by atoms with E-state index in [2.05, 4.69) is 26.6 Å². The minimum absolute atomic E-state index is 0.0619. The van der Waals surface area contributed by atoms with Gasteiger partial charge in [0.25, 0.3) is 5.91 Å². The van der Waals surface area contributed by atoms with E-state index in [0.717, 1.165) is 38.4 Å². The van der Waals surface area contributed by atoms with Gasteiger partial charge in [-0.15, -0.1) is 0 Å². The molecule has 0 saturated heterocycles. The van der Waals surface area contributed by atoms with Crippen molar-refractivity contribution < 1.29 is 9.59 Å². The second-order valence-electron chi connectivity index (χ2n) is 8.44. The first-order valence-corrected chi connectivity index (χ1v) is 11.8. The van der Waals surface area contributed by atoms with Gasteiger partial charge in [-0.3, -0.25) is 9.59 Å². The minimum Gasteiger partial charge on any atom is -0.354 e. The molecule has 0 bridgehead atoms. The molecule has 34 heavy (non-hydrogen) atoms. The van der Waals surface area contributed by atoms with Crippen LogP contribution in [0.25, 0.3) is 11.3 Å². The van der Waals surface area contributed by atoms with Crippen LogP contribution in [0.3, 0.4) is 0 Å². The van der Waals surface area contributed by atoms with Crippen molar-refractivity contribution in [2.45, 2.75) is 6.42 Å². The van der Waals surface area contributed by atoms with Gasteiger partial charge in [0.1, 0.15) is 0 Å². The third-order valence-corrected chi connectivity index (χ3v) is 6.20. The Morgan fingerprint density at radius 2 is 1.68 bits per heavy atom. The van der Waals surface area contributed by atoms with Gasteiger partial charge >= 0.3 is 0 Å². The summed E-state index contributed by atoms with van der Waals surface area (Å²) in [5.41, 5.74) is 5.49. The van der Waals surface area contributed by atoms with E-state index in [9.17, 15) is 9.59 Å². The van der Waals surface area contributed by atoms with Gasteiger partial charge in [0.15, 0.2) is 0 Å². The Hall–Kier alpha value is -3.42. The van der Waals surface area contributed by atoms with E-state index >= 15 is 0 Å². The van der Waals surface area contributed by atoms with Crippen molar-refractivity contribution in [3.05, 3.63) is 88.4 Å². The Bertz CT molecular complexity index is 1240. The number of hydrogen-bond donors (Lipinski definition) is 2. The molecule has 0 aromatic heterocycles. The van der Waals surface area contributed by atoms with Crippen LogP contribution in [0, 0.1) is 0 Å². The van der Waals surface area contributed by atoms with Crippen LogP contribution in [0.5, 0.6) is 0 Å². The summed E-state index contributed by atoms with van der Waals surface area (Å²) in [5.74, 6) is -0.0887. The molecule has 3 aromatic carbocycles. The highest BCUT2D eigenvalue weighted by Gasteiger charge is 2.28. The van der Waals surface area contributed by atoms with Gasteiger partial charge in [0.05, 0.1) is 17.0 Å². The predicted molar refractivity (Wildman–Crippen MR) is 143 cm³/mol. The molecule has 7 heteroatoms. The molecule has 0 aliphatic carbocycles. The van der Waals surface area contributed by atoms with Crippen LogP contribution in [0.1, 0.15) is 17.5 Å². The first kappa shape index (κ1) is 23.7. The summed E-state index contributed by atoms with van der Waals surface area (Å²) in [5, 5.41) is 6.42. The zero-order chi connectivity index (χ0) is 24.2. The lowest BCUT2D eigenvalue weighted by atomic mass is 10.00. The molecular formula is C27H27BrN4O2. The highest BCUT2D eigenvalue weighted by atomic mass is 79.9. The Balaban J connectivity index is 1.65. The van der Waals surface area contributed by atoms with Crippen molar-refractivity contribution in [1.82, 2.24) is 4.90 Å². The summed E-state index contributed by atoms with van der Waals surface area (Å²) < 4.78 is 0.904. The number of carbonyl (C=O) groups is 2. The van der Waals surface area contributed by atoms with Crippen LogP contribution in [-0.4, -0.2) is 44.4 Å². The number of nitrogens with zero attached hydrogens (tertiary/aromatic N) is 2. The van der Waals surface area contributed by atoms with E-state index in [1.165, 1.54) is 0 Å². The van der Waals surface area contributed by atoms with Crippen molar-refractivity contribution in [2.24, 2.45) is 0 Å². The standard InChI is InChI=1S/C27H27BrN4O2/c1-31(2)16-15-24(33)32(3)21-12-10-20(11-13-21)29-26(18-7-5-4-6-8-18)25-22-14-9-19(28)17-23(22)30-27(25)34/h4-14,17,29H,15-16H2,1-3H3,(H,30,34). The van der Waals surface area contributed by atoms with E-state index in [0.29, 0.717) is 18.5 Å². The van der Waals surface area contributed by atoms with Gasteiger partial charge in [-0.1, -0.05) is 52.3 Å². The molecule has 0 fully saturated rings. The van der Waals surface area contributed by atoms with Crippen LogP contribution in [0.15, 0.2) is 77.3 Å². The van der Waals surface area contributed by atoms with Crippen molar-refractivity contribution in [1.29, 1.82) is 0 Å². The molecule has 0 unspecified atom stereocenters. The molecule has 1 aliphatic rings. The Labute approximate surface area is 208 Å². The number of hydrogen-bond acceptors (Lipinski definition) is 4. The van der Waals surface area contributed by atoms with E-state index in [4.69, 9.17) is 0 Å².